The molecular weight excluding hydrogens is 380 g/mol. The van der Waals surface area contributed by atoms with Gasteiger partial charge in [-0.05, 0) is 36.0 Å². The number of aromatic nitrogens is 2. The predicted molar refractivity (Wildman–Crippen MR) is 124 cm³/mol. The van der Waals surface area contributed by atoms with Crippen molar-refractivity contribution in [2.45, 2.75) is 37.1 Å². The maximum absolute atomic E-state index is 10.1. The molecule has 1 aliphatic carbocycles. The zero-order valence-electron chi connectivity index (χ0n) is 17.7. The Kier molecular flexibility index (Phi) is 5.44. The molecule has 0 amide bonds. The molecule has 0 radical (unpaired) electrons. The number of aliphatic hydroxyl groups is 1. The van der Waals surface area contributed by atoms with Crippen molar-refractivity contribution in [2.75, 3.05) is 6.61 Å². The van der Waals surface area contributed by atoms with Gasteiger partial charge in [-0.2, -0.15) is 0 Å². The lowest BCUT2D eigenvalue weighted by molar-refractivity contribution is 0.256. The smallest absolute Gasteiger partial charge is 0.121 e. The second kappa shape index (κ2) is 8.52. The van der Waals surface area contributed by atoms with Gasteiger partial charge in [0.1, 0.15) is 5.54 Å². The first-order valence-corrected chi connectivity index (χ1v) is 11.2. The Bertz CT molecular complexity index is 1020. The van der Waals surface area contributed by atoms with Gasteiger partial charge in [0, 0.05) is 11.6 Å². The average molecular weight is 409 g/mol. The highest BCUT2D eigenvalue weighted by Crippen LogP contribution is 2.43. The molecule has 3 nitrogen and oxygen atoms in total. The number of aliphatic hydroxyl groups excluding tert-OH is 1. The Morgan fingerprint density at radius 2 is 1.29 bits per heavy atom. The van der Waals surface area contributed by atoms with Crippen LogP contribution in [0.4, 0.5) is 0 Å². The Balaban J connectivity index is 1.87. The second-order valence-electron chi connectivity index (χ2n) is 8.38. The molecule has 1 unspecified atom stereocenters. The Morgan fingerprint density at radius 1 is 0.774 bits per heavy atom. The van der Waals surface area contributed by atoms with E-state index in [2.05, 4.69) is 95.6 Å². The van der Waals surface area contributed by atoms with Crippen molar-refractivity contribution in [2.24, 2.45) is 0 Å². The monoisotopic (exact) mass is 408 g/mol. The third-order valence-corrected chi connectivity index (χ3v) is 6.66. The summed E-state index contributed by atoms with van der Waals surface area (Å²) in [5.41, 5.74) is 5.39. The van der Waals surface area contributed by atoms with Gasteiger partial charge in [-0.25, -0.2) is 4.98 Å². The number of hydrogen-bond donors (Lipinski definition) is 1. The highest BCUT2D eigenvalue weighted by atomic mass is 16.3. The van der Waals surface area contributed by atoms with Crippen molar-refractivity contribution < 1.29 is 5.11 Å². The third kappa shape index (κ3) is 3.30. The summed E-state index contributed by atoms with van der Waals surface area (Å²) in [4.78, 5) is 4.91. The van der Waals surface area contributed by atoms with Crippen LogP contribution in [-0.4, -0.2) is 21.3 Å². The van der Waals surface area contributed by atoms with E-state index >= 15 is 0 Å². The van der Waals surface area contributed by atoms with E-state index in [0.717, 1.165) is 31.4 Å². The molecule has 31 heavy (non-hydrogen) atoms. The maximum Gasteiger partial charge on any atom is 0.121 e. The van der Waals surface area contributed by atoms with Crippen LogP contribution < -0.4 is 0 Å². The minimum absolute atomic E-state index is 0.110. The molecule has 0 bridgehead atoms. The van der Waals surface area contributed by atoms with Crippen LogP contribution >= 0.6 is 0 Å². The molecule has 0 saturated heterocycles. The molecule has 3 aromatic carbocycles. The average Bonchev–Trinajstić information content (AvgIpc) is 3.14. The number of hydrogen-bond acceptors (Lipinski definition) is 2. The Labute approximate surface area is 184 Å². The highest BCUT2D eigenvalue weighted by molar-refractivity contribution is 5.51. The van der Waals surface area contributed by atoms with Crippen LogP contribution in [-0.2, 0) is 12.0 Å². The van der Waals surface area contributed by atoms with Gasteiger partial charge in [-0.1, -0.05) is 97.4 Å². The molecule has 0 saturated carbocycles. The number of rotatable bonds is 5. The summed E-state index contributed by atoms with van der Waals surface area (Å²) in [5.74, 6) is 0.110. The first-order chi connectivity index (χ1) is 15.4. The van der Waals surface area contributed by atoms with Crippen LogP contribution in [0.5, 0.6) is 0 Å². The summed E-state index contributed by atoms with van der Waals surface area (Å²) in [6.45, 7) is 0.152. The number of nitrogens with zero attached hydrogens (tertiary/aromatic N) is 2. The van der Waals surface area contributed by atoms with Gasteiger partial charge in [0.15, 0.2) is 0 Å². The van der Waals surface area contributed by atoms with Gasteiger partial charge in [-0.3, -0.25) is 0 Å². The second-order valence-corrected chi connectivity index (χ2v) is 8.38. The van der Waals surface area contributed by atoms with E-state index in [-0.39, 0.29) is 12.5 Å². The molecular formula is C28H28N2O. The molecule has 0 spiro atoms. The summed E-state index contributed by atoms with van der Waals surface area (Å²) in [6, 6.07) is 32.2. The molecule has 3 heteroatoms. The van der Waals surface area contributed by atoms with Gasteiger partial charge in [0.2, 0.25) is 0 Å². The molecule has 5 rings (SSSR count). The quantitative estimate of drug-likeness (QED) is 0.348. The van der Waals surface area contributed by atoms with Crippen LogP contribution in [0.3, 0.4) is 0 Å². The van der Waals surface area contributed by atoms with Crippen LogP contribution in [0, 0.1) is 0 Å². The van der Waals surface area contributed by atoms with Crippen molar-refractivity contribution in [3.63, 3.8) is 0 Å². The van der Waals surface area contributed by atoms with Gasteiger partial charge in [0.25, 0.3) is 0 Å². The number of imidazole rings is 1. The van der Waals surface area contributed by atoms with Crippen LogP contribution in [0.15, 0.2) is 97.3 Å². The van der Waals surface area contributed by atoms with E-state index in [9.17, 15) is 5.11 Å². The van der Waals surface area contributed by atoms with E-state index in [4.69, 9.17) is 4.98 Å². The van der Waals surface area contributed by atoms with Gasteiger partial charge in [0.05, 0.1) is 18.6 Å². The maximum atomic E-state index is 10.1. The zero-order chi connectivity index (χ0) is 21.1. The van der Waals surface area contributed by atoms with Gasteiger partial charge in [-0.15, -0.1) is 0 Å². The van der Waals surface area contributed by atoms with E-state index in [1.54, 1.807) is 0 Å². The molecule has 1 aromatic heterocycles. The van der Waals surface area contributed by atoms with E-state index in [1.807, 2.05) is 6.33 Å². The fraction of sp³-hybridized carbons (Fsp3) is 0.250. The van der Waals surface area contributed by atoms with Crippen LogP contribution in [0.25, 0.3) is 0 Å². The normalized spacial score (nSPS) is 16.5. The fourth-order valence-corrected chi connectivity index (χ4v) is 5.22. The lowest BCUT2D eigenvalue weighted by Crippen LogP contribution is -2.38. The van der Waals surface area contributed by atoms with Crippen molar-refractivity contribution >= 4 is 0 Å². The van der Waals surface area contributed by atoms with E-state index in [1.165, 1.54) is 22.4 Å². The first-order valence-electron chi connectivity index (χ1n) is 11.2. The van der Waals surface area contributed by atoms with Crippen molar-refractivity contribution in [1.82, 2.24) is 9.55 Å². The molecule has 1 N–H and O–H groups in total. The van der Waals surface area contributed by atoms with Gasteiger partial charge < -0.3 is 9.67 Å². The molecule has 0 aliphatic heterocycles. The zero-order valence-corrected chi connectivity index (χ0v) is 17.7. The fourth-order valence-electron chi connectivity index (χ4n) is 5.22. The summed E-state index contributed by atoms with van der Waals surface area (Å²) in [6.07, 6.45) is 6.21. The Morgan fingerprint density at radius 3 is 1.77 bits per heavy atom. The summed E-state index contributed by atoms with van der Waals surface area (Å²) in [7, 11) is 0. The molecule has 1 aliphatic rings. The molecule has 1 heterocycles. The van der Waals surface area contributed by atoms with Crippen LogP contribution in [0.2, 0.25) is 0 Å². The predicted octanol–water partition coefficient (Wildman–Crippen LogP) is 5.53. The van der Waals surface area contributed by atoms with Crippen molar-refractivity contribution in [3.8, 4) is 0 Å². The first kappa shape index (κ1) is 19.8. The summed E-state index contributed by atoms with van der Waals surface area (Å²) in [5, 5.41) is 10.1. The van der Waals surface area contributed by atoms with Crippen LogP contribution in [0.1, 0.15) is 53.3 Å². The third-order valence-electron chi connectivity index (χ3n) is 6.66. The van der Waals surface area contributed by atoms with Gasteiger partial charge >= 0.3 is 0 Å². The largest absolute Gasteiger partial charge is 0.396 e. The standard InChI is InChI=1S/C28H28N2O/c31-20-22-12-10-11-19-26-27(22)29-21-30(26)28(23-13-4-1-5-14-23,24-15-6-2-7-16-24)25-17-8-3-9-18-25/h1-9,13-18,21-22,31H,10-12,19-20H2. The minimum atomic E-state index is -0.533. The summed E-state index contributed by atoms with van der Waals surface area (Å²) < 4.78 is 2.39. The Hall–Kier alpha value is -3.17. The van der Waals surface area contributed by atoms with Crippen molar-refractivity contribution in [1.29, 1.82) is 0 Å². The lowest BCUT2D eigenvalue weighted by Gasteiger charge is -2.39. The highest BCUT2D eigenvalue weighted by Gasteiger charge is 2.41. The molecule has 156 valence electrons. The van der Waals surface area contributed by atoms with E-state index in [0.29, 0.717) is 0 Å². The number of fused-ring (bicyclic) bond motifs is 1. The lowest BCUT2D eigenvalue weighted by atomic mass is 9.76. The minimum Gasteiger partial charge on any atom is -0.396 e. The van der Waals surface area contributed by atoms with Crippen molar-refractivity contribution in [3.05, 3.63) is 125 Å². The molecule has 4 aromatic rings. The van der Waals surface area contributed by atoms with E-state index < -0.39 is 5.54 Å². The molecule has 1 atom stereocenters. The summed E-state index contributed by atoms with van der Waals surface area (Å²) >= 11 is 0. The number of benzene rings is 3. The molecule has 0 fully saturated rings. The SMILES string of the molecule is OCC1CCCCc2c1ncn2C(c1ccccc1)(c1ccccc1)c1ccccc1. The topological polar surface area (TPSA) is 38.1 Å².